The van der Waals surface area contributed by atoms with Gasteiger partial charge < -0.3 is 15.4 Å². The number of unbranched alkanes of at least 4 members (excludes halogenated alkanes) is 21. The maximum atomic E-state index is 13.1. The zero-order chi connectivity index (χ0) is 34.5. The van der Waals surface area contributed by atoms with Crippen molar-refractivity contribution in [1.29, 1.82) is 0 Å². The molecule has 6 heteroatoms. The lowest BCUT2D eigenvalue weighted by Gasteiger charge is -2.20. The highest BCUT2D eigenvalue weighted by molar-refractivity contribution is 5.99. The van der Waals surface area contributed by atoms with Crippen LogP contribution in [0.15, 0.2) is 6.07 Å². The lowest BCUT2D eigenvalue weighted by Crippen LogP contribution is -2.19. The standard InChI is InChI=1S/C41H72N2O4/c1-6-9-12-15-18-21-24-27-30-37(44)42-36-33-34(4)35(5)40(43-38(45)31-28-25-22-19-16-13-10-7-2)41(36)47-39(46)32-29-26-23-20-17-14-11-8-3/h33H,6-32H2,1-5H3,(H,42,44)(H,43,45). The fourth-order valence-electron chi connectivity index (χ4n) is 6.06. The predicted molar refractivity (Wildman–Crippen MR) is 200 cm³/mol. The first kappa shape index (κ1) is 42.7. The van der Waals surface area contributed by atoms with Crippen LogP contribution in [0, 0.1) is 13.8 Å². The number of hydrogen-bond donors (Lipinski definition) is 2. The molecule has 0 aromatic heterocycles. The number of hydrogen-bond acceptors (Lipinski definition) is 4. The number of nitrogens with one attached hydrogen (secondary N) is 2. The molecule has 0 unspecified atom stereocenters. The van der Waals surface area contributed by atoms with Gasteiger partial charge in [0.2, 0.25) is 11.8 Å². The molecule has 1 aromatic rings. The van der Waals surface area contributed by atoms with Crippen molar-refractivity contribution in [3.8, 4) is 5.75 Å². The summed E-state index contributed by atoms with van der Waals surface area (Å²) in [5.41, 5.74) is 2.74. The number of ether oxygens (including phenoxy) is 1. The quantitative estimate of drug-likeness (QED) is 0.0490. The molecular formula is C41H72N2O4. The summed E-state index contributed by atoms with van der Waals surface area (Å²) < 4.78 is 5.99. The normalized spacial score (nSPS) is 11.1. The van der Waals surface area contributed by atoms with Crippen LogP contribution in [0.3, 0.4) is 0 Å². The Hall–Kier alpha value is -2.37. The Balaban J connectivity index is 2.85. The molecule has 0 aliphatic carbocycles. The molecule has 0 bridgehead atoms. The molecule has 2 amide bonds. The third-order valence-electron chi connectivity index (χ3n) is 9.30. The number of carbonyl (C=O) groups excluding carboxylic acids is 3. The van der Waals surface area contributed by atoms with Crippen molar-refractivity contribution in [2.45, 2.75) is 208 Å². The van der Waals surface area contributed by atoms with Crippen molar-refractivity contribution in [2.24, 2.45) is 0 Å². The van der Waals surface area contributed by atoms with E-state index in [1.165, 1.54) is 96.3 Å². The number of anilines is 2. The molecule has 1 rings (SSSR count). The maximum Gasteiger partial charge on any atom is 0.311 e. The molecule has 0 saturated carbocycles. The summed E-state index contributed by atoms with van der Waals surface area (Å²) >= 11 is 0. The summed E-state index contributed by atoms with van der Waals surface area (Å²) in [6.07, 6.45) is 29.0. The second kappa shape index (κ2) is 28.6. The van der Waals surface area contributed by atoms with Gasteiger partial charge in [0, 0.05) is 19.3 Å². The van der Waals surface area contributed by atoms with Crippen LogP contribution in [-0.2, 0) is 14.4 Å². The summed E-state index contributed by atoms with van der Waals surface area (Å²) in [6, 6.07) is 1.87. The lowest BCUT2D eigenvalue weighted by molar-refractivity contribution is -0.134. The van der Waals surface area contributed by atoms with E-state index in [-0.39, 0.29) is 23.5 Å². The summed E-state index contributed by atoms with van der Waals surface area (Å²) in [4.78, 5) is 39.2. The molecule has 0 fully saturated rings. The van der Waals surface area contributed by atoms with Crippen LogP contribution in [0.5, 0.6) is 5.75 Å². The number of esters is 1. The Kier molecular flexibility index (Phi) is 26.0. The Morgan fingerprint density at radius 3 is 1.30 bits per heavy atom. The largest absolute Gasteiger partial charge is 0.422 e. The fraction of sp³-hybridized carbons (Fsp3) is 0.780. The summed E-state index contributed by atoms with van der Waals surface area (Å²) in [7, 11) is 0. The molecule has 270 valence electrons. The molecule has 0 radical (unpaired) electrons. The third-order valence-corrected chi connectivity index (χ3v) is 9.30. The zero-order valence-electron chi connectivity index (χ0n) is 31.3. The SMILES string of the molecule is CCCCCCCCCCC(=O)Nc1cc(C)c(C)c(NC(=O)CCCCCCCCCC)c1OC(=O)CCCCCCCCCC. The molecule has 0 saturated heterocycles. The van der Waals surface area contributed by atoms with E-state index in [0.717, 1.165) is 68.9 Å². The number of amides is 2. The van der Waals surface area contributed by atoms with Crippen molar-refractivity contribution >= 4 is 29.2 Å². The van der Waals surface area contributed by atoms with Gasteiger partial charge in [-0.05, 0) is 50.3 Å². The molecule has 1 aromatic carbocycles. The van der Waals surface area contributed by atoms with E-state index >= 15 is 0 Å². The molecule has 0 heterocycles. The summed E-state index contributed by atoms with van der Waals surface area (Å²) in [6.45, 7) is 10.6. The van der Waals surface area contributed by atoms with Gasteiger partial charge in [0.1, 0.15) is 0 Å². The van der Waals surface area contributed by atoms with Gasteiger partial charge in [-0.15, -0.1) is 0 Å². The van der Waals surface area contributed by atoms with Crippen molar-refractivity contribution in [2.75, 3.05) is 10.6 Å². The second-order valence-electron chi connectivity index (χ2n) is 13.8. The van der Waals surface area contributed by atoms with Crippen LogP contribution in [0.2, 0.25) is 0 Å². The van der Waals surface area contributed by atoms with Gasteiger partial charge in [0.15, 0.2) is 5.75 Å². The monoisotopic (exact) mass is 657 g/mol. The van der Waals surface area contributed by atoms with Gasteiger partial charge in [0.05, 0.1) is 11.4 Å². The average molecular weight is 657 g/mol. The first-order valence-electron chi connectivity index (χ1n) is 19.8. The second-order valence-corrected chi connectivity index (χ2v) is 13.8. The maximum absolute atomic E-state index is 13.1. The van der Waals surface area contributed by atoms with Gasteiger partial charge in [-0.1, -0.05) is 156 Å². The highest BCUT2D eigenvalue weighted by atomic mass is 16.5. The van der Waals surface area contributed by atoms with E-state index in [0.29, 0.717) is 30.6 Å². The topological polar surface area (TPSA) is 84.5 Å². The van der Waals surface area contributed by atoms with Crippen molar-refractivity contribution in [3.63, 3.8) is 0 Å². The van der Waals surface area contributed by atoms with Crippen molar-refractivity contribution < 1.29 is 19.1 Å². The first-order chi connectivity index (χ1) is 22.8. The fourth-order valence-corrected chi connectivity index (χ4v) is 6.06. The first-order valence-corrected chi connectivity index (χ1v) is 19.8. The van der Waals surface area contributed by atoms with Gasteiger partial charge in [-0.3, -0.25) is 14.4 Å². The van der Waals surface area contributed by atoms with Crippen LogP contribution >= 0.6 is 0 Å². The van der Waals surface area contributed by atoms with E-state index in [4.69, 9.17) is 4.74 Å². The average Bonchev–Trinajstić information content (AvgIpc) is 3.05. The lowest BCUT2D eigenvalue weighted by atomic mass is 10.0. The Bertz CT molecular complexity index is 990. The van der Waals surface area contributed by atoms with Crippen LogP contribution in [0.25, 0.3) is 0 Å². The molecule has 0 aliphatic rings. The smallest absolute Gasteiger partial charge is 0.311 e. The van der Waals surface area contributed by atoms with Crippen LogP contribution in [0.4, 0.5) is 11.4 Å². The summed E-state index contributed by atoms with van der Waals surface area (Å²) in [5, 5.41) is 6.10. The molecule has 0 aliphatic heterocycles. The van der Waals surface area contributed by atoms with E-state index in [9.17, 15) is 14.4 Å². The molecular weight excluding hydrogens is 584 g/mol. The molecule has 47 heavy (non-hydrogen) atoms. The van der Waals surface area contributed by atoms with Gasteiger partial charge in [-0.2, -0.15) is 0 Å². The minimum atomic E-state index is -0.323. The van der Waals surface area contributed by atoms with E-state index < -0.39 is 0 Å². The molecule has 0 atom stereocenters. The van der Waals surface area contributed by atoms with E-state index in [2.05, 4.69) is 31.4 Å². The Morgan fingerprint density at radius 1 is 0.511 bits per heavy atom. The van der Waals surface area contributed by atoms with E-state index in [1.54, 1.807) is 0 Å². The number of carbonyl (C=O) groups is 3. The molecule has 0 spiro atoms. The highest BCUT2D eigenvalue weighted by Gasteiger charge is 2.21. The Morgan fingerprint density at radius 2 is 0.872 bits per heavy atom. The van der Waals surface area contributed by atoms with Crippen molar-refractivity contribution in [3.05, 3.63) is 17.2 Å². The minimum absolute atomic E-state index is 0.0822. The van der Waals surface area contributed by atoms with Gasteiger partial charge in [0.25, 0.3) is 0 Å². The van der Waals surface area contributed by atoms with Crippen LogP contribution < -0.4 is 15.4 Å². The van der Waals surface area contributed by atoms with Crippen LogP contribution in [-0.4, -0.2) is 17.8 Å². The van der Waals surface area contributed by atoms with Crippen LogP contribution in [0.1, 0.15) is 205 Å². The predicted octanol–water partition coefficient (Wildman–Crippen LogP) is 12.7. The van der Waals surface area contributed by atoms with Gasteiger partial charge in [-0.25, -0.2) is 0 Å². The zero-order valence-corrected chi connectivity index (χ0v) is 31.3. The Labute approximate surface area is 289 Å². The number of benzene rings is 1. The van der Waals surface area contributed by atoms with E-state index in [1.807, 2.05) is 19.9 Å². The highest BCUT2D eigenvalue weighted by Crippen LogP contribution is 2.39. The van der Waals surface area contributed by atoms with Gasteiger partial charge >= 0.3 is 5.97 Å². The summed E-state index contributed by atoms with van der Waals surface area (Å²) in [5.74, 6) is -0.223. The minimum Gasteiger partial charge on any atom is -0.422 e. The molecule has 2 N–H and O–H groups in total. The number of aryl methyl sites for hydroxylation is 1. The van der Waals surface area contributed by atoms with Crippen molar-refractivity contribution in [1.82, 2.24) is 0 Å². The number of rotatable bonds is 30. The third kappa shape index (κ3) is 21.3. The molecule has 6 nitrogen and oxygen atoms in total.